The summed E-state index contributed by atoms with van der Waals surface area (Å²) >= 11 is 0. The Balaban J connectivity index is 2.28. The minimum Gasteiger partial charge on any atom is -0.369 e. The Morgan fingerprint density at radius 2 is 2.00 bits per heavy atom. The van der Waals surface area contributed by atoms with Gasteiger partial charge in [-0.25, -0.2) is 0 Å². The van der Waals surface area contributed by atoms with Crippen LogP contribution in [0.25, 0.3) is 0 Å². The van der Waals surface area contributed by atoms with Crippen molar-refractivity contribution in [3.63, 3.8) is 0 Å². The van der Waals surface area contributed by atoms with Gasteiger partial charge in [0.15, 0.2) is 0 Å². The highest BCUT2D eigenvalue weighted by Crippen LogP contribution is 2.36. The average Bonchev–Trinajstić information content (AvgIpc) is 2.07. The zero-order chi connectivity index (χ0) is 9.31. The van der Waals surface area contributed by atoms with E-state index in [1.807, 2.05) is 0 Å². The van der Waals surface area contributed by atoms with E-state index in [9.17, 15) is 0 Å². The summed E-state index contributed by atoms with van der Waals surface area (Å²) in [6.07, 6.45) is 1.05. The van der Waals surface area contributed by atoms with Crippen molar-refractivity contribution < 1.29 is 4.74 Å². The molecule has 1 aliphatic rings. The molecule has 1 heterocycles. The standard InChI is InChI=1S/C11H15NO/c1-9-2-4-10(5-3-9)11(8-12)6-7-13-11/h2-5H,6-8,12H2,1H3. The first kappa shape index (κ1) is 8.73. The zero-order valence-corrected chi connectivity index (χ0v) is 7.92. The summed E-state index contributed by atoms with van der Waals surface area (Å²) in [6.45, 7) is 3.50. The second kappa shape index (κ2) is 3.13. The van der Waals surface area contributed by atoms with Crippen molar-refractivity contribution in [1.82, 2.24) is 0 Å². The number of rotatable bonds is 2. The molecule has 1 unspecified atom stereocenters. The van der Waals surface area contributed by atoms with Gasteiger partial charge < -0.3 is 10.5 Å². The second-order valence-electron chi connectivity index (χ2n) is 3.66. The third-order valence-electron chi connectivity index (χ3n) is 2.79. The fourth-order valence-corrected chi connectivity index (χ4v) is 1.71. The molecule has 0 aliphatic carbocycles. The largest absolute Gasteiger partial charge is 0.369 e. The van der Waals surface area contributed by atoms with Gasteiger partial charge in [0.05, 0.1) is 6.61 Å². The van der Waals surface area contributed by atoms with Gasteiger partial charge in [-0.05, 0) is 12.5 Å². The van der Waals surface area contributed by atoms with Crippen LogP contribution in [0.4, 0.5) is 0 Å². The van der Waals surface area contributed by atoms with E-state index < -0.39 is 0 Å². The third-order valence-corrected chi connectivity index (χ3v) is 2.79. The first-order valence-corrected chi connectivity index (χ1v) is 4.68. The zero-order valence-electron chi connectivity index (χ0n) is 7.92. The Bertz CT molecular complexity index is 282. The van der Waals surface area contributed by atoms with E-state index in [0.29, 0.717) is 6.54 Å². The van der Waals surface area contributed by atoms with Crippen LogP contribution in [-0.2, 0) is 10.3 Å². The first-order valence-electron chi connectivity index (χ1n) is 4.68. The highest BCUT2D eigenvalue weighted by molar-refractivity contribution is 5.28. The quantitative estimate of drug-likeness (QED) is 0.744. The van der Waals surface area contributed by atoms with Crippen molar-refractivity contribution in [3.8, 4) is 0 Å². The molecular formula is C11H15NO. The van der Waals surface area contributed by atoms with Crippen molar-refractivity contribution in [2.75, 3.05) is 13.2 Å². The number of nitrogens with two attached hydrogens (primary N) is 1. The van der Waals surface area contributed by atoms with Crippen molar-refractivity contribution in [3.05, 3.63) is 35.4 Å². The van der Waals surface area contributed by atoms with Crippen LogP contribution in [-0.4, -0.2) is 13.2 Å². The molecule has 2 rings (SSSR count). The maximum atomic E-state index is 5.71. The van der Waals surface area contributed by atoms with E-state index >= 15 is 0 Å². The van der Waals surface area contributed by atoms with Crippen LogP contribution < -0.4 is 5.73 Å². The maximum Gasteiger partial charge on any atom is 0.107 e. The summed E-state index contributed by atoms with van der Waals surface area (Å²) in [7, 11) is 0. The van der Waals surface area contributed by atoms with E-state index in [4.69, 9.17) is 10.5 Å². The SMILES string of the molecule is Cc1ccc(C2(CN)CCO2)cc1. The topological polar surface area (TPSA) is 35.2 Å². The molecule has 1 saturated heterocycles. The summed E-state index contributed by atoms with van der Waals surface area (Å²) < 4.78 is 5.57. The summed E-state index contributed by atoms with van der Waals surface area (Å²) in [5.74, 6) is 0. The van der Waals surface area contributed by atoms with E-state index in [0.717, 1.165) is 13.0 Å². The maximum absolute atomic E-state index is 5.71. The molecule has 2 heteroatoms. The van der Waals surface area contributed by atoms with Gasteiger partial charge >= 0.3 is 0 Å². The molecule has 13 heavy (non-hydrogen) atoms. The molecular weight excluding hydrogens is 162 g/mol. The molecule has 1 aromatic rings. The van der Waals surface area contributed by atoms with E-state index in [-0.39, 0.29) is 5.60 Å². The molecule has 0 bridgehead atoms. The first-order chi connectivity index (χ1) is 6.27. The van der Waals surface area contributed by atoms with Crippen molar-refractivity contribution in [1.29, 1.82) is 0 Å². The van der Waals surface area contributed by atoms with Crippen LogP contribution in [0.15, 0.2) is 24.3 Å². The monoisotopic (exact) mass is 177 g/mol. The molecule has 2 N–H and O–H groups in total. The van der Waals surface area contributed by atoms with Crippen molar-refractivity contribution >= 4 is 0 Å². The van der Waals surface area contributed by atoms with Crippen LogP contribution in [0.2, 0.25) is 0 Å². The fraction of sp³-hybridized carbons (Fsp3) is 0.455. The summed E-state index contributed by atoms with van der Waals surface area (Å²) in [6, 6.07) is 8.44. The summed E-state index contributed by atoms with van der Waals surface area (Å²) in [5, 5.41) is 0. The highest BCUT2D eigenvalue weighted by atomic mass is 16.5. The molecule has 1 atom stereocenters. The lowest BCUT2D eigenvalue weighted by molar-refractivity contribution is -0.146. The molecule has 1 aliphatic heterocycles. The van der Waals surface area contributed by atoms with Gasteiger partial charge in [0.25, 0.3) is 0 Å². The average molecular weight is 177 g/mol. The Morgan fingerprint density at radius 1 is 1.38 bits per heavy atom. The van der Waals surface area contributed by atoms with Gasteiger partial charge in [0, 0.05) is 13.0 Å². The highest BCUT2D eigenvalue weighted by Gasteiger charge is 2.38. The number of aryl methyl sites for hydroxylation is 1. The molecule has 0 radical (unpaired) electrons. The molecule has 0 spiro atoms. The fourth-order valence-electron chi connectivity index (χ4n) is 1.71. The molecule has 70 valence electrons. The smallest absolute Gasteiger partial charge is 0.107 e. The van der Waals surface area contributed by atoms with Gasteiger partial charge in [-0.15, -0.1) is 0 Å². The number of ether oxygens (including phenoxy) is 1. The van der Waals surface area contributed by atoms with Crippen molar-refractivity contribution in [2.24, 2.45) is 5.73 Å². The minimum absolute atomic E-state index is 0.173. The van der Waals surface area contributed by atoms with Gasteiger partial charge in [-0.1, -0.05) is 29.8 Å². The second-order valence-corrected chi connectivity index (χ2v) is 3.66. The predicted molar refractivity (Wildman–Crippen MR) is 52.5 cm³/mol. The molecule has 1 aromatic carbocycles. The van der Waals surface area contributed by atoms with E-state index in [1.54, 1.807) is 0 Å². The van der Waals surface area contributed by atoms with Crippen LogP contribution in [0.5, 0.6) is 0 Å². The minimum atomic E-state index is -0.173. The summed E-state index contributed by atoms with van der Waals surface area (Å²) in [4.78, 5) is 0. The molecule has 0 amide bonds. The number of benzene rings is 1. The number of hydrogen-bond donors (Lipinski definition) is 1. The van der Waals surface area contributed by atoms with Gasteiger partial charge in [-0.3, -0.25) is 0 Å². The van der Waals surface area contributed by atoms with Gasteiger partial charge in [0.1, 0.15) is 5.60 Å². The predicted octanol–water partition coefficient (Wildman–Crippen LogP) is 1.57. The lowest BCUT2D eigenvalue weighted by Gasteiger charge is -2.41. The Morgan fingerprint density at radius 3 is 2.38 bits per heavy atom. The van der Waals surface area contributed by atoms with Crippen LogP contribution in [0.3, 0.4) is 0 Å². The molecule has 0 aromatic heterocycles. The summed E-state index contributed by atoms with van der Waals surface area (Å²) in [5.41, 5.74) is 8.03. The lowest BCUT2D eigenvalue weighted by atomic mass is 9.86. The van der Waals surface area contributed by atoms with Crippen LogP contribution in [0, 0.1) is 6.92 Å². The lowest BCUT2D eigenvalue weighted by Crippen LogP contribution is -2.46. The molecule has 0 saturated carbocycles. The van der Waals surface area contributed by atoms with Crippen LogP contribution in [0.1, 0.15) is 17.5 Å². The van der Waals surface area contributed by atoms with Crippen molar-refractivity contribution in [2.45, 2.75) is 18.9 Å². The van der Waals surface area contributed by atoms with Crippen LogP contribution >= 0.6 is 0 Å². The van der Waals surface area contributed by atoms with E-state index in [1.165, 1.54) is 11.1 Å². The van der Waals surface area contributed by atoms with Gasteiger partial charge in [0.2, 0.25) is 0 Å². The third kappa shape index (κ3) is 1.36. The Kier molecular flexibility index (Phi) is 2.10. The molecule has 2 nitrogen and oxygen atoms in total. The van der Waals surface area contributed by atoms with E-state index in [2.05, 4.69) is 31.2 Å². The number of hydrogen-bond acceptors (Lipinski definition) is 2. The molecule has 1 fully saturated rings. The Labute approximate surface area is 78.7 Å². The normalized spacial score (nSPS) is 26.9. The van der Waals surface area contributed by atoms with Gasteiger partial charge in [-0.2, -0.15) is 0 Å². The Hall–Kier alpha value is -0.860.